The van der Waals surface area contributed by atoms with Crippen molar-refractivity contribution >= 4 is 0 Å². The molecule has 0 N–H and O–H groups in total. The molecule has 1 rings (SSSR count). The fourth-order valence-corrected chi connectivity index (χ4v) is 3.59. The molecule has 0 aliphatic carbocycles. The highest BCUT2D eigenvalue weighted by molar-refractivity contribution is 4.98. The number of likely N-dealkylation sites (tertiary alicyclic amines) is 1. The van der Waals surface area contributed by atoms with Gasteiger partial charge in [0.05, 0.1) is 0 Å². The summed E-state index contributed by atoms with van der Waals surface area (Å²) in [6, 6.07) is 0. The summed E-state index contributed by atoms with van der Waals surface area (Å²) in [5.74, 6) is 0.876. The summed E-state index contributed by atoms with van der Waals surface area (Å²) in [7, 11) is 2.29. The average Bonchev–Trinajstić information content (AvgIpc) is 1.95. The van der Waals surface area contributed by atoms with Gasteiger partial charge in [0.2, 0.25) is 0 Å². The van der Waals surface area contributed by atoms with Crippen LogP contribution in [-0.2, 0) is 0 Å². The molecular formula is C15H31N. The molecule has 1 heterocycles. The standard InChI is InChI=1S/C15H31N/c1-13(2,3)9-12-10-14(4,5)16(8)15(6,7)11-12/h12H,9-11H2,1-8H3. The van der Waals surface area contributed by atoms with Crippen molar-refractivity contribution in [3.63, 3.8) is 0 Å². The lowest BCUT2D eigenvalue weighted by atomic mass is 9.69. The zero-order valence-electron chi connectivity index (χ0n) is 12.6. The molecule has 96 valence electrons. The van der Waals surface area contributed by atoms with Crippen molar-refractivity contribution in [3.05, 3.63) is 0 Å². The summed E-state index contributed by atoms with van der Waals surface area (Å²) in [4.78, 5) is 2.57. The first-order chi connectivity index (χ1) is 6.94. The maximum Gasteiger partial charge on any atom is 0.0158 e. The number of nitrogens with zero attached hydrogens (tertiary/aromatic N) is 1. The van der Waals surface area contributed by atoms with E-state index in [0.29, 0.717) is 16.5 Å². The van der Waals surface area contributed by atoms with E-state index in [9.17, 15) is 0 Å². The lowest BCUT2D eigenvalue weighted by molar-refractivity contribution is -0.0380. The van der Waals surface area contributed by atoms with Crippen molar-refractivity contribution in [2.75, 3.05) is 7.05 Å². The van der Waals surface area contributed by atoms with E-state index >= 15 is 0 Å². The van der Waals surface area contributed by atoms with E-state index in [1.54, 1.807) is 0 Å². The van der Waals surface area contributed by atoms with Crippen molar-refractivity contribution in [2.24, 2.45) is 11.3 Å². The predicted octanol–water partition coefficient (Wildman–Crippen LogP) is 4.32. The van der Waals surface area contributed by atoms with Crippen LogP contribution in [0.15, 0.2) is 0 Å². The molecule has 1 saturated heterocycles. The maximum absolute atomic E-state index is 2.57. The quantitative estimate of drug-likeness (QED) is 0.642. The van der Waals surface area contributed by atoms with E-state index in [1.807, 2.05) is 0 Å². The number of hydrogen-bond donors (Lipinski definition) is 0. The van der Waals surface area contributed by atoms with E-state index in [1.165, 1.54) is 19.3 Å². The van der Waals surface area contributed by atoms with Gasteiger partial charge in [0.25, 0.3) is 0 Å². The fraction of sp³-hybridized carbons (Fsp3) is 1.00. The molecule has 0 radical (unpaired) electrons. The van der Waals surface area contributed by atoms with Gasteiger partial charge in [-0.1, -0.05) is 20.8 Å². The second-order valence-corrected chi connectivity index (χ2v) is 8.22. The van der Waals surface area contributed by atoms with Crippen LogP contribution in [-0.4, -0.2) is 23.0 Å². The molecule has 1 aliphatic heterocycles. The average molecular weight is 225 g/mol. The number of hydrogen-bond acceptors (Lipinski definition) is 1. The van der Waals surface area contributed by atoms with Crippen molar-refractivity contribution in [1.29, 1.82) is 0 Å². The molecule has 1 aliphatic rings. The highest BCUT2D eigenvalue weighted by atomic mass is 15.2. The summed E-state index contributed by atoms with van der Waals surface area (Å²) in [5.41, 5.74) is 1.15. The molecule has 0 atom stereocenters. The molecule has 16 heavy (non-hydrogen) atoms. The first kappa shape index (κ1) is 14.0. The van der Waals surface area contributed by atoms with Gasteiger partial charge in [0.15, 0.2) is 0 Å². The van der Waals surface area contributed by atoms with E-state index in [0.717, 1.165) is 5.92 Å². The minimum absolute atomic E-state index is 0.345. The van der Waals surface area contributed by atoms with Gasteiger partial charge in [-0.2, -0.15) is 0 Å². The Bertz CT molecular complexity index is 227. The maximum atomic E-state index is 2.57. The summed E-state index contributed by atoms with van der Waals surface area (Å²) >= 11 is 0. The molecule has 0 saturated carbocycles. The van der Waals surface area contributed by atoms with Crippen LogP contribution in [0, 0.1) is 11.3 Å². The van der Waals surface area contributed by atoms with E-state index in [4.69, 9.17) is 0 Å². The van der Waals surface area contributed by atoms with Crippen LogP contribution < -0.4 is 0 Å². The molecule has 0 spiro atoms. The van der Waals surface area contributed by atoms with Crippen molar-refractivity contribution in [2.45, 2.75) is 78.8 Å². The first-order valence-corrected chi connectivity index (χ1v) is 6.68. The summed E-state index contributed by atoms with van der Waals surface area (Å²) in [6.07, 6.45) is 4.03. The monoisotopic (exact) mass is 225 g/mol. The van der Waals surface area contributed by atoms with E-state index < -0.39 is 0 Å². The Morgan fingerprint density at radius 1 is 1.00 bits per heavy atom. The Morgan fingerprint density at radius 2 is 1.38 bits per heavy atom. The van der Waals surface area contributed by atoms with Crippen LogP contribution >= 0.6 is 0 Å². The van der Waals surface area contributed by atoms with E-state index in [2.05, 4.69) is 60.4 Å². The van der Waals surface area contributed by atoms with Crippen LogP contribution in [0.1, 0.15) is 67.7 Å². The van der Waals surface area contributed by atoms with Gasteiger partial charge in [-0.15, -0.1) is 0 Å². The van der Waals surface area contributed by atoms with Crippen LogP contribution in [0.2, 0.25) is 0 Å². The summed E-state index contributed by atoms with van der Waals surface area (Å²) in [6.45, 7) is 16.7. The molecule has 0 aromatic heterocycles. The molecule has 0 aromatic carbocycles. The highest BCUT2D eigenvalue weighted by Crippen LogP contribution is 2.43. The number of rotatable bonds is 1. The highest BCUT2D eigenvalue weighted by Gasteiger charge is 2.43. The molecule has 1 fully saturated rings. The van der Waals surface area contributed by atoms with Crippen molar-refractivity contribution < 1.29 is 0 Å². The van der Waals surface area contributed by atoms with Gasteiger partial charge in [-0.05, 0) is 65.3 Å². The van der Waals surface area contributed by atoms with Gasteiger partial charge < -0.3 is 0 Å². The smallest absolute Gasteiger partial charge is 0.0158 e. The Kier molecular flexibility index (Phi) is 3.52. The SMILES string of the molecule is CN1C(C)(C)CC(CC(C)(C)C)CC1(C)C. The third kappa shape index (κ3) is 3.23. The predicted molar refractivity (Wildman–Crippen MR) is 72.7 cm³/mol. The second-order valence-electron chi connectivity index (χ2n) is 8.22. The molecule has 0 unspecified atom stereocenters. The summed E-state index contributed by atoms with van der Waals surface area (Å²) < 4.78 is 0. The third-order valence-electron chi connectivity index (χ3n) is 4.29. The lowest BCUT2D eigenvalue weighted by Crippen LogP contribution is -2.58. The topological polar surface area (TPSA) is 3.24 Å². The minimum Gasteiger partial charge on any atom is -0.296 e. The summed E-state index contributed by atoms with van der Waals surface area (Å²) in [5, 5.41) is 0. The van der Waals surface area contributed by atoms with Crippen LogP contribution in [0.4, 0.5) is 0 Å². The van der Waals surface area contributed by atoms with Gasteiger partial charge in [0, 0.05) is 11.1 Å². The minimum atomic E-state index is 0.345. The molecule has 1 heteroatoms. The molecule has 0 aromatic rings. The Labute approximate surface area is 103 Å². The zero-order valence-corrected chi connectivity index (χ0v) is 12.6. The van der Waals surface area contributed by atoms with Crippen LogP contribution in [0.3, 0.4) is 0 Å². The van der Waals surface area contributed by atoms with Crippen LogP contribution in [0.25, 0.3) is 0 Å². The molecule has 1 nitrogen and oxygen atoms in total. The molecule has 0 bridgehead atoms. The van der Waals surface area contributed by atoms with Gasteiger partial charge in [0.1, 0.15) is 0 Å². The zero-order chi connectivity index (χ0) is 12.8. The van der Waals surface area contributed by atoms with Gasteiger partial charge in [-0.3, -0.25) is 4.90 Å². The fourth-order valence-electron chi connectivity index (χ4n) is 3.59. The van der Waals surface area contributed by atoms with Crippen LogP contribution in [0.5, 0.6) is 0 Å². The first-order valence-electron chi connectivity index (χ1n) is 6.68. The Morgan fingerprint density at radius 3 is 1.69 bits per heavy atom. The largest absolute Gasteiger partial charge is 0.296 e. The lowest BCUT2D eigenvalue weighted by Gasteiger charge is -2.54. The molecule has 0 amide bonds. The normalized spacial score (nSPS) is 27.0. The van der Waals surface area contributed by atoms with Gasteiger partial charge in [-0.25, -0.2) is 0 Å². The Balaban J connectivity index is 2.79. The third-order valence-corrected chi connectivity index (χ3v) is 4.29. The van der Waals surface area contributed by atoms with Crippen molar-refractivity contribution in [1.82, 2.24) is 4.90 Å². The van der Waals surface area contributed by atoms with Gasteiger partial charge >= 0.3 is 0 Å². The Hall–Kier alpha value is -0.0400. The molecular weight excluding hydrogens is 194 g/mol. The van der Waals surface area contributed by atoms with Crippen molar-refractivity contribution in [3.8, 4) is 0 Å². The van der Waals surface area contributed by atoms with E-state index in [-0.39, 0.29) is 0 Å². The second kappa shape index (κ2) is 4.01. The number of piperidine rings is 1.